The molecule has 0 radical (unpaired) electrons. The van der Waals surface area contributed by atoms with E-state index >= 15 is 0 Å². The van der Waals surface area contributed by atoms with Gasteiger partial charge in [0, 0.05) is 27.6 Å². The molecule has 0 atom stereocenters. The number of hydrogen-bond acceptors (Lipinski definition) is 1. The fourth-order valence-electron chi connectivity index (χ4n) is 7.14. The van der Waals surface area contributed by atoms with Crippen molar-refractivity contribution in [1.82, 2.24) is 0 Å². The molecule has 1 aromatic heterocycles. The molecule has 228 valence electrons. The Kier molecular flexibility index (Phi) is 3.99. The monoisotopic (exact) mass is 635 g/mol. The molecule has 10 rings (SSSR count). The van der Waals surface area contributed by atoms with Crippen LogP contribution in [0.25, 0.3) is 98.8 Å². The van der Waals surface area contributed by atoms with Gasteiger partial charge in [0.25, 0.3) is 0 Å². The van der Waals surface area contributed by atoms with Crippen molar-refractivity contribution in [2.24, 2.45) is 0 Å². The first-order valence-electron chi connectivity index (χ1n) is 22.3. The van der Waals surface area contributed by atoms with Crippen LogP contribution >= 0.6 is 0 Å². The lowest BCUT2D eigenvalue weighted by atomic mass is 9.84. The van der Waals surface area contributed by atoms with Crippen molar-refractivity contribution in [3.05, 3.63) is 182 Å². The Morgan fingerprint density at radius 1 is 0.347 bits per heavy atom. The van der Waals surface area contributed by atoms with E-state index in [1.54, 1.807) is 6.07 Å². The summed E-state index contributed by atoms with van der Waals surface area (Å²) in [6.45, 7) is 0. The van der Waals surface area contributed by atoms with Gasteiger partial charge in [-0.15, -0.1) is 0 Å². The third kappa shape index (κ3) is 4.26. The predicted molar refractivity (Wildman–Crippen MR) is 208 cm³/mol. The quantitative estimate of drug-likeness (QED) is 0.139. The molecule has 49 heavy (non-hydrogen) atoms. The molecule has 0 saturated carbocycles. The Hall–Kier alpha value is -6.44. The molecule has 1 heteroatoms. The predicted octanol–water partition coefficient (Wildman–Crippen LogP) is 13.7. The van der Waals surface area contributed by atoms with Crippen LogP contribution in [0.4, 0.5) is 0 Å². The SMILES string of the molecule is [2H]c1c([2H])c([2H])c(-c2c3c([2H])c([2H])c([2H])c([2H])c3c(-c3c(-c4cccc5c4ccc4ccccc45)oc4c(-c5ccccc5)cccc34)c3c([2H])c([2H])c([2H])c([2H])c23)c([2H])c1[2H]. The normalized spacial score (nSPS) is 15.4. The number of furan rings is 1. The lowest BCUT2D eigenvalue weighted by Crippen LogP contribution is -1.92. The van der Waals surface area contributed by atoms with Crippen molar-refractivity contribution in [3.63, 3.8) is 0 Å². The van der Waals surface area contributed by atoms with Gasteiger partial charge >= 0.3 is 0 Å². The average Bonchev–Trinajstić information content (AvgIpc) is 3.68. The van der Waals surface area contributed by atoms with Gasteiger partial charge in [-0.25, -0.2) is 0 Å². The molecule has 0 spiro atoms. The average molecular weight is 636 g/mol. The Bertz CT molecular complexity index is 3510. The van der Waals surface area contributed by atoms with E-state index in [1.165, 1.54) is 0 Å². The fourth-order valence-corrected chi connectivity index (χ4v) is 7.14. The Labute approximate surface area is 302 Å². The van der Waals surface area contributed by atoms with Gasteiger partial charge in [0.15, 0.2) is 0 Å². The van der Waals surface area contributed by atoms with Gasteiger partial charge in [-0.05, 0) is 59.8 Å². The minimum atomic E-state index is -0.729. The van der Waals surface area contributed by atoms with Crippen molar-refractivity contribution in [2.75, 3.05) is 0 Å². The van der Waals surface area contributed by atoms with E-state index in [1.807, 2.05) is 97.1 Å². The zero-order valence-electron chi connectivity index (χ0n) is 38.7. The molecule has 1 nitrogen and oxygen atoms in total. The van der Waals surface area contributed by atoms with E-state index in [4.69, 9.17) is 16.8 Å². The van der Waals surface area contributed by atoms with E-state index < -0.39 is 84.1 Å². The summed E-state index contributed by atoms with van der Waals surface area (Å²) in [6, 6.07) is 24.0. The second-order valence-corrected chi connectivity index (χ2v) is 11.8. The first-order valence-corrected chi connectivity index (χ1v) is 15.8. The molecule has 0 N–H and O–H groups in total. The van der Waals surface area contributed by atoms with Crippen LogP contribution in [0, 0.1) is 0 Å². The van der Waals surface area contributed by atoms with Crippen molar-refractivity contribution >= 4 is 54.1 Å². The van der Waals surface area contributed by atoms with Gasteiger partial charge in [0.05, 0.1) is 17.8 Å². The lowest BCUT2D eigenvalue weighted by Gasteiger charge is -2.18. The summed E-state index contributed by atoms with van der Waals surface area (Å²) in [5.41, 5.74) is 1.95. The van der Waals surface area contributed by atoms with E-state index in [9.17, 15) is 5.48 Å². The molecule has 0 bridgehead atoms. The molecule has 0 aliphatic rings. The highest BCUT2D eigenvalue weighted by molar-refractivity contribution is 6.26. The van der Waals surface area contributed by atoms with Gasteiger partial charge < -0.3 is 4.42 Å². The molecule has 0 fully saturated rings. The maximum Gasteiger partial charge on any atom is 0.143 e. The van der Waals surface area contributed by atoms with E-state index in [0.717, 1.165) is 27.1 Å². The Morgan fingerprint density at radius 2 is 0.939 bits per heavy atom. The highest BCUT2D eigenvalue weighted by atomic mass is 16.3. The van der Waals surface area contributed by atoms with Gasteiger partial charge in [0.1, 0.15) is 11.3 Å². The summed E-state index contributed by atoms with van der Waals surface area (Å²) in [5, 5.41) is 3.17. The first-order chi connectivity index (χ1) is 29.7. The highest BCUT2D eigenvalue weighted by Gasteiger charge is 2.26. The van der Waals surface area contributed by atoms with Crippen LogP contribution in [-0.4, -0.2) is 0 Å². The second kappa shape index (κ2) is 11.1. The van der Waals surface area contributed by atoms with Crippen LogP contribution in [0.15, 0.2) is 186 Å². The summed E-state index contributed by atoms with van der Waals surface area (Å²) in [5.74, 6) is 0.252. The largest absolute Gasteiger partial charge is 0.455 e. The topological polar surface area (TPSA) is 13.1 Å². The summed E-state index contributed by atoms with van der Waals surface area (Å²) in [7, 11) is 0. The molecule has 0 aliphatic heterocycles. The summed E-state index contributed by atoms with van der Waals surface area (Å²) in [4.78, 5) is 0. The summed E-state index contributed by atoms with van der Waals surface area (Å²) >= 11 is 0. The third-order valence-corrected chi connectivity index (χ3v) is 9.21. The summed E-state index contributed by atoms with van der Waals surface area (Å²) < 4.78 is 125. The number of rotatable bonds is 4. The van der Waals surface area contributed by atoms with E-state index in [2.05, 4.69) is 0 Å². The van der Waals surface area contributed by atoms with E-state index in [0.29, 0.717) is 22.1 Å². The molecule has 10 aromatic rings. The molecular weight excluding hydrogens is 593 g/mol. The molecule has 0 amide bonds. The van der Waals surface area contributed by atoms with Crippen LogP contribution in [0.2, 0.25) is 0 Å². The van der Waals surface area contributed by atoms with Crippen molar-refractivity contribution in [1.29, 1.82) is 0 Å². The Morgan fingerprint density at radius 3 is 1.67 bits per heavy atom. The highest BCUT2D eigenvalue weighted by Crippen LogP contribution is 2.51. The molecule has 9 aromatic carbocycles. The van der Waals surface area contributed by atoms with Crippen LogP contribution in [0.3, 0.4) is 0 Å². The molecule has 0 saturated heterocycles. The molecular formula is C48H30O. The zero-order valence-corrected chi connectivity index (χ0v) is 25.7. The molecule has 1 heterocycles. The molecule has 0 unspecified atom stereocenters. The summed E-state index contributed by atoms with van der Waals surface area (Å²) in [6.07, 6.45) is 0. The minimum absolute atomic E-state index is 0.00173. The number of fused-ring (bicyclic) bond motifs is 6. The van der Waals surface area contributed by atoms with Crippen molar-refractivity contribution in [2.45, 2.75) is 0 Å². The van der Waals surface area contributed by atoms with Gasteiger partial charge in [-0.2, -0.15) is 0 Å². The smallest absolute Gasteiger partial charge is 0.143 e. The van der Waals surface area contributed by atoms with Crippen LogP contribution in [0.5, 0.6) is 0 Å². The van der Waals surface area contributed by atoms with Gasteiger partial charge in [0.2, 0.25) is 0 Å². The third-order valence-electron chi connectivity index (χ3n) is 9.21. The van der Waals surface area contributed by atoms with Gasteiger partial charge in [-0.1, -0.05) is 182 Å². The molecule has 0 aliphatic carbocycles. The maximum absolute atomic E-state index is 9.62. The second-order valence-electron chi connectivity index (χ2n) is 11.8. The van der Waals surface area contributed by atoms with Crippen molar-refractivity contribution < 1.29 is 22.2 Å². The fraction of sp³-hybridized carbons (Fsp3) is 0. The standard InChI is InChI=1S/C48H30O/c1-3-15-31(16-4-1)35-25-13-28-43-46(48(49-47(35)43)42-27-14-26-36-34-20-8-7-17-32(34)29-30-37(36)42)45-40-23-11-9-21-38(40)44(33-18-5-2-6-19-33)39-22-10-12-24-41(39)45/h1-30H/i2D,5D,6D,9D,10D,11D,12D,18D,19D,21D,22D,23D,24D. The van der Waals surface area contributed by atoms with Gasteiger partial charge in [-0.3, -0.25) is 0 Å². The van der Waals surface area contributed by atoms with Crippen LogP contribution in [0.1, 0.15) is 17.8 Å². The number of para-hydroxylation sites is 1. The van der Waals surface area contributed by atoms with Crippen LogP contribution < -0.4 is 0 Å². The minimum Gasteiger partial charge on any atom is -0.455 e. The number of hydrogen-bond donors (Lipinski definition) is 0. The maximum atomic E-state index is 9.62. The van der Waals surface area contributed by atoms with E-state index in [-0.39, 0.29) is 44.0 Å². The Balaban J connectivity index is 1.53. The van der Waals surface area contributed by atoms with Crippen LogP contribution in [-0.2, 0) is 0 Å². The first kappa shape index (κ1) is 17.6. The number of benzene rings is 9. The zero-order chi connectivity index (χ0) is 43.6. The van der Waals surface area contributed by atoms with Crippen molar-refractivity contribution in [3.8, 4) is 44.7 Å². The lowest BCUT2D eigenvalue weighted by molar-refractivity contribution is 0.634.